The number of pyridine rings is 1. The summed E-state index contributed by atoms with van der Waals surface area (Å²) in [6.07, 6.45) is 0. The quantitative estimate of drug-likeness (QED) is 0.848. The maximum atomic E-state index is 5.87. The fourth-order valence-corrected chi connectivity index (χ4v) is 2.08. The Balaban J connectivity index is 2.18. The van der Waals surface area contributed by atoms with Gasteiger partial charge in [0.15, 0.2) is 11.5 Å². The summed E-state index contributed by atoms with van der Waals surface area (Å²) in [4.78, 5) is 4.21. The zero-order chi connectivity index (χ0) is 14.5. The number of ether oxygens (including phenoxy) is 2. The molecule has 106 valence electrons. The van der Waals surface area contributed by atoms with E-state index in [1.165, 1.54) is 0 Å². The molecule has 0 aliphatic heterocycles. The van der Waals surface area contributed by atoms with E-state index in [2.05, 4.69) is 10.3 Å². The molecule has 5 heteroatoms. The summed E-state index contributed by atoms with van der Waals surface area (Å²) >= 11 is 5.87. The number of nitrogens with one attached hydrogen (secondary N) is 1. The van der Waals surface area contributed by atoms with E-state index in [-0.39, 0.29) is 6.04 Å². The van der Waals surface area contributed by atoms with Crippen LogP contribution in [-0.2, 0) is 0 Å². The molecule has 0 aliphatic rings. The predicted molar refractivity (Wildman–Crippen MR) is 80.8 cm³/mol. The number of halogens is 1. The van der Waals surface area contributed by atoms with Gasteiger partial charge in [0, 0.05) is 0 Å². The average molecular weight is 293 g/mol. The highest BCUT2D eigenvalue weighted by Crippen LogP contribution is 2.30. The van der Waals surface area contributed by atoms with Crippen LogP contribution < -0.4 is 14.8 Å². The van der Waals surface area contributed by atoms with E-state index < -0.39 is 0 Å². The van der Waals surface area contributed by atoms with Gasteiger partial charge in [-0.15, -0.1) is 0 Å². The van der Waals surface area contributed by atoms with Crippen LogP contribution in [0.3, 0.4) is 0 Å². The number of hydrogen-bond acceptors (Lipinski definition) is 4. The molecule has 4 nitrogen and oxygen atoms in total. The number of rotatable bonds is 5. The third kappa shape index (κ3) is 3.33. The van der Waals surface area contributed by atoms with Crippen molar-refractivity contribution >= 4 is 17.4 Å². The molecule has 1 unspecified atom stereocenters. The van der Waals surface area contributed by atoms with E-state index in [4.69, 9.17) is 21.1 Å². The summed E-state index contributed by atoms with van der Waals surface area (Å²) in [5.74, 6) is 2.15. The van der Waals surface area contributed by atoms with Crippen molar-refractivity contribution in [2.45, 2.75) is 13.0 Å². The van der Waals surface area contributed by atoms with Gasteiger partial charge in [0.25, 0.3) is 0 Å². The van der Waals surface area contributed by atoms with Crippen LogP contribution in [0.5, 0.6) is 11.5 Å². The van der Waals surface area contributed by atoms with Gasteiger partial charge in [0.05, 0.1) is 20.3 Å². The molecular formula is C15H17ClN2O2. The number of benzene rings is 1. The van der Waals surface area contributed by atoms with Crippen molar-refractivity contribution in [3.63, 3.8) is 0 Å². The molecule has 1 heterocycles. The maximum Gasteiger partial charge on any atom is 0.161 e. The molecule has 20 heavy (non-hydrogen) atoms. The van der Waals surface area contributed by atoms with Crippen LogP contribution in [0, 0.1) is 0 Å². The van der Waals surface area contributed by atoms with Crippen molar-refractivity contribution < 1.29 is 9.47 Å². The van der Waals surface area contributed by atoms with E-state index in [0.29, 0.717) is 16.7 Å². The largest absolute Gasteiger partial charge is 0.493 e. The lowest BCUT2D eigenvalue weighted by atomic mass is 10.1. The second kappa shape index (κ2) is 6.48. The third-order valence-corrected chi connectivity index (χ3v) is 3.20. The first-order chi connectivity index (χ1) is 9.63. The summed E-state index contributed by atoms with van der Waals surface area (Å²) in [6.45, 7) is 2.05. The van der Waals surface area contributed by atoms with Gasteiger partial charge >= 0.3 is 0 Å². The van der Waals surface area contributed by atoms with Crippen molar-refractivity contribution in [3.8, 4) is 11.5 Å². The standard InChI is InChI=1S/C15H17ClN2O2/c1-10(17-15-6-4-5-14(16)18-15)11-7-8-12(19-2)13(9-11)20-3/h4-10H,1-3H3,(H,17,18). The SMILES string of the molecule is COc1ccc(C(C)Nc2cccc(Cl)n2)cc1OC. The lowest BCUT2D eigenvalue weighted by Crippen LogP contribution is -2.08. The molecule has 0 fully saturated rings. The highest BCUT2D eigenvalue weighted by molar-refractivity contribution is 6.29. The summed E-state index contributed by atoms with van der Waals surface area (Å²) in [5.41, 5.74) is 1.07. The average Bonchev–Trinajstić information content (AvgIpc) is 2.46. The van der Waals surface area contributed by atoms with Crippen LogP contribution in [0.2, 0.25) is 5.15 Å². The first-order valence-corrected chi connectivity index (χ1v) is 6.63. The van der Waals surface area contributed by atoms with Gasteiger partial charge in [-0.3, -0.25) is 0 Å². The predicted octanol–water partition coefficient (Wildman–Crippen LogP) is 3.93. The van der Waals surface area contributed by atoms with Crippen LogP contribution >= 0.6 is 11.6 Å². The third-order valence-electron chi connectivity index (χ3n) is 2.99. The second-order valence-electron chi connectivity index (χ2n) is 4.33. The Morgan fingerprint density at radius 3 is 2.50 bits per heavy atom. The van der Waals surface area contributed by atoms with Crippen LogP contribution in [0.1, 0.15) is 18.5 Å². The Bertz CT molecular complexity index is 590. The Kier molecular flexibility index (Phi) is 4.69. The fourth-order valence-electron chi connectivity index (χ4n) is 1.92. The molecule has 1 atom stereocenters. The topological polar surface area (TPSA) is 43.4 Å². The normalized spacial score (nSPS) is 11.8. The molecule has 0 spiro atoms. The number of anilines is 1. The first kappa shape index (κ1) is 14.5. The van der Waals surface area contributed by atoms with Crippen molar-refractivity contribution in [2.75, 3.05) is 19.5 Å². The number of hydrogen-bond donors (Lipinski definition) is 1. The van der Waals surface area contributed by atoms with Crippen molar-refractivity contribution in [1.29, 1.82) is 0 Å². The minimum absolute atomic E-state index is 0.0702. The second-order valence-corrected chi connectivity index (χ2v) is 4.71. The number of aromatic nitrogens is 1. The summed E-state index contributed by atoms with van der Waals surface area (Å²) in [6, 6.07) is 11.4. The molecule has 1 aromatic carbocycles. The number of methoxy groups -OCH3 is 2. The van der Waals surface area contributed by atoms with Crippen molar-refractivity contribution in [3.05, 3.63) is 47.1 Å². The van der Waals surface area contributed by atoms with Crippen LogP contribution in [0.25, 0.3) is 0 Å². The molecular weight excluding hydrogens is 276 g/mol. The lowest BCUT2D eigenvalue weighted by molar-refractivity contribution is 0.354. The van der Waals surface area contributed by atoms with Crippen molar-refractivity contribution in [1.82, 2.24) is 4.98 Å². The van der Waals surface area contributed by atoms with Gasteiger partial charge in [-0.25, -0.2) is 4.98 Å². The smallest absolute Gasteiger partial charge is 0.161 e. The van der Waals surface area contributed by atoms with Gasteiger partial charge in [0.2, 0.25) is 0 Å². The van der Waals surface area contributed by atoms with Crippen LogP contribution in [-0.4, -0.2) is 19.2 Å². The minimum Gasteiger partial charge on any atom is -0.493 e. The first-order valence-electron chi connectivity index (χ1n) is 6.25. The molecule has 1 N–H and O–H groups in total. The van der Waals surface area contributed by atoms with E-state index in [9.17, 15) is 0 Å². The van der Waals surface area contributed by atoms with Gasteiger partial charge in [0.1, 0.15) is 11.0 Å². The Hall–Kier alpha value is -1.94. The van der Waals surface area contributed by atoms with E-state index in [1.54, 1.807) is 20.3 Å². The summed E-state index contributed by atoms with van der Waals surface area (Å²) in [7, 11) is 3.24. The Labute approximate surface area is 123 Å². The van der Waals surface area contributed by atoms with Gasteiger partial charge in [-0.05, 0) is 36.8 Å². The molecule has 0 aliphatic carbocycles. The minimum atomic E-state index is 0.0702. The van der Waals surface area contributed by atoms with Crippen LogP contribution in [0.4, 0.5) is 5.82 Å². The lowest BCUT2D eigenvalue weighted by Gasteiger charge is -2.17. The molecule has 0 saturated carbocycles. The summed E-state index contributed by atoms with van der Waals surface area (Å²) < 4.78 is 10.5. The molecule has 0 amide bonds. The molecule has 2 aromatic rings. The summed E-state index contributed by atoms with van der Waals surface area (Å²) in [5, 5.41) is 3.76. The maximum absolute atomic E-state index is 5.87. The van der Waals surface area contributed by atoms with Gasteiger partial charge in [-0.1, -0.05) is 23.7 Å². The molecule has 0 radical (unpaired) electrons. The van der Waals surface area contributed by atoms with Gasteiger partial charge in [-0.2, -0.15) is 0 Å². The van der Waals surface area contributed by atoms with Crippen molar-refractivity contribution in [2.24, 2.45) is 0 Å². The van der Waals surface area contributed by atoms with Crippen LogP contribution in [0.15, 0.2) is 36.4 Å². The molecule has 2 rings (SSSR count). The highest BCUT2D eigenvalue weighted by atomic mass is 35.5. The Morgan fingerprint density at radius 2 is 1.85 bits per heavy atom. The number of nitrogens with zero attached hydrogens (tertiary/aromatic N) is 1. The van der Waals surface area contributed by atoms with E-state index >= 15 is 0 Å². The van der Waals surface area contributed by atoms with Gasteiger partial charge < -0.3 is 14.8 Å². The monoisotopic (exact) mass is 292 g/mol. The molecule has 1 aromatic heterocycles. The highest BCUT2D eigenvalue weighted by Gasteiger charge is 2.10. The van der Waals surface area contributed by atoms with E-state index in [1.807, 2.05) is 37.3 Å². The zero-order valence-electron chi connectivity index (χ0n) is 11.7. The molecule has 0 bridgehead atoms. The Morgan fingerprint density at radius 1 is 1.10 bits per heavy atom. The van der Waals surface area contributed by atoms with E-state index in [0.717, 1.165) is 11.4 Å². The fraction of sp³-hybridized carbons (Fsp3) is 0.267. The molecule has 0 saturated heterocycles. The zero-order valence-corrected chi connectivity index (χ0v) is 12.4.